The molecule has 1 aliphatic carbocycles. The van der Waals surface area contributed by atoms with Crippen molar-refractivity contribution in [1.82, 2.24) is 9.97 Å². The van der Waals surface area contributed by atoms with Gasteiger partial charge in [-0.15, -0.1) is 0 Å². The summed E-state index contributed by atoms with van der Waals surface area (Å²) < 4.78 is 5.42. The molecule has 1 N–H and O–H groups in total. The molecule has 1 aromatic carbocycles. The Labute approximate surface area is 162 Å². The van der Waals surface area contributed by atoms with Crippen LogP contribution in [0.4, 0.5) is 23.1 Å². The maximum absolute atomic E-state index is 6.14. The molecule has 2 aromatic rings. The summed E-state index contributed by atoms with van der Waals surface area (Å²) in [4.78, 5) is 13.6. The Kier molecular flexibility index (Phi) is 5.48. The lowest BCUT2D eigenvalue weighted by atomic mass is 9.98. The van der Waals surface area contributed by atoms with Crippen LogP contribution in [0.3, 0.4) is 0 Å². The predicted molar refractivity (Wildman–Crippen MR) is 111 cm³/mol. The average molecular weight is 363 g/mol. The highest BCUT2D eigenvalue weighted by atomic mass is 16.5. The lowest BCUT2D eigenvalue weighted by Crippen LogP contribution is -2.36. The van der Waals surface area contributed by atoms with Crippen molar-refractivity contribution in [1.29, 1.82) is 0 Å². The van der Waals surface area contributed by atoms with Crippen molar-refractivity contribution in [2.45, 2.75) is 31.7 Å². The summed E-state index contributed by atoms with van der Waals surface area (Å²) in [6.07, 6.45) is 6.65. The number of hydrogen-bond acceptors (Lipinski definition) is 6. The van der Waals surface area contributed by atoms with Gasteiger partial charge in [0.25, 0.3) is 0 Å². The second-order valence-electron chi connectivity index (χ2n) is 7.29. The van der Waals surface area contributed by atoms with Crippen LogP contribution in [0.2, 0.25) is 0 Å². The summed E-state index contributed by atoms with van der Waals surface area (Å²) in [6, 6.07) is 8.88. The summed E-state index contributed by atoms with van der Waals surface area (Å²) in [5.41, 5.74) is 2.80. The molecule has 140 valence electrons. The van der Waals surface area contributed by atoms with Crippen molar-refractivity contribution in [3.63, 3.8) is 0 Å². The molecular formula is C20H26BN5O. The Bertz CT molecular complexity index is 757. The van der Waals surface area contributed by atoms with E-state index in [1.165, 1.54) is 31.4 Å². The smallest absolute Gasteiger partial charge is 0.229 e. The van der Waals surface area contributed by atoms with Gasteiger partial charge in [-0.1, -0.05) is 12.8 Å². The monoisotopic (exact) mass is 363 g/mol. The number of nitrogens with zero attached hydrogens (tertiary/aromatic N) is 4. The second kappa shape index (κ2) is 8.17. The molecule has 6 nitrogen and oxygen atoms in total. The predicted octanol–water partition coefficient (Wildman–Crippen LogP) is 2.23. The normalized spacial score (nSPS) is 17.9. The molecule has 7 heteroatoms. The Morgan fingerprint density at radius 3 is 2.56 bits per heavy atom. The lowest BCUT2D eigenvalue weighted by molar-refractivity contribution is 0.122. The summed E-state index contributed by atoms with van der Waals surface area (Å²) in [5.74, 6) is 1.38. The summed E-state index contributed by atoms with van der Waals surface area (Å²) in [5, 5.41) is 3.30. The minimum Gasteiger partial charge on any atom is -0.378 e. The van der Waals surface area contributed by atoms with Crippen molar-refractivity contribution in [2.24, 2.45) is 0 Å². The van der Waals surface area contributed by atoms with Crippen LogP contribution in [0.1, 0.15) is 25.7 Å². The van der Waals surface area contributed by atoms with E-state index in [-0.39, 0.29) is 0 Å². The number of hydrogen-bond donors (Lipinski definition) is 1. The summed E-state index contributed by atoms with van der Waals surface area (Å²) >= 11 is 0. The van der Waals surface area contributed by atoms with Crippen LogP contribution in [-0.4, -0.2) is 57.2 Å². The van der Waals surface area contributed by atoms with Gasteiger partial charge in [-0.3, -0.25) is 0 Å². The van der Waals surface area contributed by atoms with Gasteiger partial charge < -0.3 is 19.9 Å². The summed E-state index contributed by atoms with van der Waals surface area (Å²) in [6.45, 7) is 3.45. The molecule has 2 radical (unpaired) electrons. The van der Waals surface area contributed by atoms with Gasteiger partial charge in [0.2, 0.25) is 5.95 Å². The molecule has 0 amide bonds. The van der Waals surface area contributed by atoms with Gasteiger partial charge in [0.05, 0.1) is 13.2 Å². The Balaban J connectivity index is 1.46. The quantitative estimate of drug-likeness (QED) is 0.823. The SMILES string of the molecule is [B]c1cnc(Nc2ccc(N3CCOCC3)cc2)nc1N(C)C1CCCC1. The van der Waals surface area contributed by atoms with Gasteiger partial charge in [0.1, 0.15) is 13.7 Å². The third kappa shape index (κ3) is 4.19. The van der Waals surface area contributed by atoms with E-state index < -0.39 is 0 Å². The van der Waals surface area contributed by atoms with E-state index in [4.69, 9.17) is 12.6 Å². The second-order valence-corrected chi connectivity index (χ2v) is 7.29. The molecule has 1 aliphatic heterocycles. The molecule has 1 saturated carbocycles. The van der Waals surface area contributed by atoms with Crippen molar-refractivity contribution >= 4 is 36.5 Å². The fourth-order valence-electron chi connectivity index (χ4n) is 3.90. The Morgan fingerprint density at radius 2 is 1.85 bits per heavy atom. The van der Waals surface area contributed by atoms with E-state index >= 15 is 0 Å². The first-order chi connectivity index (χ1) is 13.2. The van der Waals surface area contributed by atoms with Crippen LogP contribution in [0.25, 0.3) is 0 Å². The van der Waals surface area contributed by atoms with E-state index in [0.717, 1.165) is 37.8 Å². The largest absolute Gasteiger partial charge is 0.378 e. The van der Waals surface area contributed by atoms with Gasteiger partial charge in [-0.25, -0.2) is 4.98 Å². The van der Waals surface area contributed by atoms with Gasteiger partial charge in [-0.05, 0) is 42.6 Å². The fraction of sp³-hybridized carbons (Fsp3) is 0.500. The van der Waals surface area contributed by atoms with E-state index in [2.05, 4.69) is 56.4 Å². The molecular weight excluding hydrogens is 337 g/mol. The van der Waals surface area contributed by atoms with Crippen molar-refractivity contribution < 1.29 is 4.74 Å². The molecule has 27 heavy (non-hydrogen) atoms. The molecule has 0 spiro atoms. The number of aromatic nitrogens is 2. The van der Waals surface area contributed by atoms with Gasteiger partial charge >= 0.3 is 0 Å². The van der Waals surface area contributed by atoms with Crippen LogP contribution >= 0.6 is 0 Å². The van der Waals surface area contributed by atoms with Crippen molar-refractivity contribution in [2.75, 3.05) is 48.5 Å². The van der Waals surface area contributed by atoms with Gasteiger partial charge in [0, 0.05) is 43.8 Å². The maximum Gasteiger partial charge on any atom is 0.229 e. The number of benzene rings is 1. The van der Waals surface area contributed by atoms with Crippen LogP contribution < -0.4 is 20.6 Å². The number of rotatable bonds is 5. The van der Waals surface area contributed by atoms with Crippen molar-refractivity contribution in [3.05, 3.63) is 30.5 Å². The molecule has 2 fully saturated rings. The highest BCUT2D eigenvalue weighted by Crippen LogP contribution is 2.26. The van der Waals surface area contributed by atoms with E-state index in [1.54, 1.807) is 6.20 Å². The molecule has 0 unspecified atom stereocenters. The molecule has 0 bridgehead atoms. The number of ether oxygens (including phenoxy) is 1. The molecule has 0 atom stereocenters. The highest BCUT2D eigenvalue weighted by Gasteiger charge is 2.22. The van der Waals surface area contributed by atoms with Crippen LogP contribution in [0.5, 0.6) is 0 Å². The topological polar surface area (TPSA) is 53.5 Å². The highest BCUT2D eigenvalue weighted by molar-refractivity contribution is 6.35. The molecule has 4 rings (SSSR count). The number of morpholine rings is 1. The maximum atomic E-state index is 6.14. The minimum absolute atomic E-state index is 0.517. The fourth-order valence-corrected chi connectivity index (χ4v) is 3.90. The number of anilines is 4. The first kappa shape index (κ1) is 18.1. The van der Waals surface area contributed by atoms with Crippen LogP contribution in [0.15, 0.2) is 30.5 Å². The van der Waals surface area contributed by atoms with Crippen LogP contribution in [0, 0.1) is 0 Å². The standard InChI is InChI=1S/C20H26BN5O/c1-25(16-4-2-3-5-16)19-18(21)14-22-20(24-19)23-15-6-8-17(9-7-15)26-10-12-27-13-11-26/h6-9,14,16H,2-5,10-13H2,1H3,(H,22,23,24). The lowest BCUT2D eigenvalue weighted by Gasteiger charge is -2.29. The molecule has 2 aliphatic rings. The Morgan fingerprint density at radius 1 is 1.15 bits per heavy atom. The average Bonchev–Trinajstić information content (AvgIpc) is 3.25. The van der Waals surface area contributed by atoms with Gasteiger partial charge in [0.15, 0.2) is 0 Å². The van der Waals surface area contributed by atoms with Crippen LogP contribution in [-0.2, 0) is 4.74 Å². The van der Waals surface area contributed by atoms with Crippen molar-refractivity contribution in [3.8, 4) is 0 Å². The first-order valence-electron chi connectivity index (χ1n) is 9.76. The zero-order chi connectivity index (χ0) is 18.6. The zero-order valence-corrected chi connectivity index (χ0v) is 15.9. The van der Waals surface area contributed by atoms with E-state index in [0.29, 0.717) is 17.5 Å². The molecule has 1 aromatic heterocycles. The minimum atomic E-state index is 0.517. The molecule has 1 saturated heterocycles. The third-order valence-electron chi connectivity index (χ3n) is 5.50. The summed E-state index contributed by atoms with van der Waals surface area (Å²) in [7, 11) is 8.22. The Hall–Kier alpha value is -2.28. The van der Waals surface area contributed by atoms with E-state index in [1.807, 2.05) is 0 Å². The zero-order valence-electron chi connectivity index (χ0n) is 15.9. The molecule has 2 heterocycles. The van der Waals surface area contributed by atoms with Gasteiger partial charge in [-0.2, -0.15) is 4.98 Å². The number of nitrogens with one attached hydrogen (secondary N) is 1. The third-order valence-corrected chi connectivity index (χ3v) is 5.50. The van der Waals surface area contributed by atoms with E-state index in [9.17, 15) is 0 Å². The first-order valence-corrected chi connectivity index (χ1v) is 9.76.